The summed E-state index contributed by atoms with van der Waals surface area (Å²) in [7, 11) is -4.06. The summed E-state index contributed by atoms with van der Waals surface area (Å²) in [4.78, 5) is 7.73. The first kappa shape index (κ1) is 25.2. The van der Waals surface area contributed by atoms with Gasteiger partial charge in [0.15, 0.2) is 15.0 Å². The average molecular weight is 498 g/mol. The summed E-state index contributed by atoms with van der Waals surface area (Å²) in [6, 6.07) is 6.81. The molecule has 1 N–H and O–H groups in total. The molecule has 0 saturated carbocycles. The predicted molar refractivity (Wildman–Crippen MR) is 126 cm³/mol. The van der Waals surface area contributed by atoms with Crippen molar-refractivity contribution in [2.75, 3.05) is 11.1 Å². The second kappa shape index (κ2) is 11.1. The normalized spacial score (nSPS) is 12.1. The minimum absolute atomic E-state index is 0.118. The third-order valence-electron chi connectivity index (χ3n) is 5.10. The molecule has 2 aromatic heterocycles. The van der Waals surface area contributed by atoms with E-state index in [4.69, 9.17) is 0 Å². The van der Waals surface area contributed by atoms with E-state index in [2.05, 4.69) is 22.2 Å². The van der Waals surface area contributed by atoms with E-state index in [1.165, 1.54) is 17.4 Å². The number of thiazole rings is 1. The number of aromatic nitrogens is 2. The lowest BCUT2D eigenvalue weighted by atomic mass is 10.1. The maximum Gasteiger partial charge on any atom is 0.417 e. The van der Waals surface area contributed by atoms with Crippen LogP contribution in [0, 0.1) is 0 Å². The predicted octanol–water partition coefficient (Wildman–Crippen LogP) is 7.10. The van der Waals surface area contributed by atoms with Gasteiger partial charge in [0.1, 0.15) is 0 Å². The van der Waals surface area contributed by atoms with Crippen molar-refractivity contribution < 1.29 is 21.6 Å². The summed E-state index contributed by atoms with van der Waals surface area (Å²) in [6.45, 7) is 2.08. The van der Waals surface area contributed by atoms with E-state index in [1.54, 1.807) is 23.8 Å². The third kappa shape index (κ3) is 7.01. The van der Waals surface area contributed by atoms with Gasteiger partial charge in [0.2, 0.25) is 0 Å². The molecule has 0 aliphatic rings. The number of pyridine rings is 1. The molecule has 0 aliphatic heterocycles. The highest BCUT2D eigenvalue weighted by Gasteiger charge is 2.37. The van der Waals surface area contributed by atoms with Crippen LogP contribution >= 0.6 is 11.3 Å². The highest BCUT2D eigenvalue weighted by molar-refractivity contribution is 7.91. The van der Waals surface area contributed by atoms with Gasteiger partial charge in [0.25, 0.3) is 0 Å². The Kier molecular flexibility index (Phi) is 8.47. The van der Waals surface area contributed by atoms with E-state index < -0.39 is 26.5 Å². The topological polar surface area (TPSA) is 72.0 Å². The van der Waals surface area contributed by atoms with Gasteiger partial charge in [-0.1, -0.05) is 39.0 Å². The number of benzene rings is 1. The minimum atomic E-state index is -4.80. The number of alkyl halides is 3. The SMILES string of the molecule is CCCCCCCCS(=O)(=O)c1ccc(Nc2nc(-c3cccnc3)cs2)cc1C(F)(F)F. The van der Waals surface area contributed by atoms with Crippen LogP contribution in [0.25, 0.3) is 11.3 Å². The number of sulfone groups is 1. The molecule has 1 aromatic carbocycles. The van der Waals surface area contributed by atoms with Crippen LogP contribution in [-0.4, -0.2) is 24.1 Å². The molecule has 0 aliphatic carbocycles. The van der Waals surface area contributed by atoms with E-state index >= 15 is 0 Å². The summed E-state index contributed by atoms with van der Waals surface area (Å²) in [5.41, 5.74) is 0.383. The highest BCUT2D eigenvalue weighted by Crippen LogP contribution is 2.37. The Bertz CT molecular complexity index is 1150. The molecule has 0 fully saturated rings. The van der Waals surface area contributed by atoms with Crippen molar-refractivity contribution in [2.45, 2.75) is 56.5 Å². The molecular formula is C23H26F3N3O2S2. The van der Waals surface area contributed by atoms with Crippen LogP contribution in [0.15, 0.2) is 53.0 Å². The van der Waals surface area contributed by atoms with E-state index in [0.717, 1.165) is 43.4 Å². The Morgan fingerprint density at radius 2 is 1.82 bits per heavy atom. The molecular weight excluding hydrogens is 471 g/mol. The molecule has 0 radical (unpaired) electrons. The highest BCUT2D eigenvalue weighted by atomic mass is 32.2. The Morgan fingerprint density at radius 3 is 2.52 bits per heavy atom. The van der Waals surface area contributed by atoms with Gasteiger partial charge in [-0.3, -0.25) is 4.98 Å². The second-order valence-electron chi connectivity index (χ2n) is 7.70. The smallest absolute Gasteiger partial charge is 0.332 e. The zero-order valence-electron chi connectivity index (χ0n) is 18.2. The monoisotopic (exact) mass is 497 g/mol. The number of unbranched alkanes of at least 4 members (excludes halogenated alkanes) is 5. The summed E-state index contributed by atoms with van der Waals surface area (Å²) >= 11 is 1.23. The summed E-state index contributed by atoms with van der Waals surface area (Å²) in [5, 5.41) is 5.01. The van der Waals surface area contributed by atoms with Crippen molar-refractivity contribution in [3.05, 3.63) is 53.7 Å². The van der Waals surface area contributed by atoms with Crippen molar-refractivity contribution in [3.8, 4) is 11.3 Å². The van der Waals surface area contributed by atoms with Gasteiger partial charge in [-0.05, 0) is 36.8 Å². The van der Waals surface area contributed by atoms with Crippen LogP contribution in [0.5, 0.6) is 0 Å². The molecule has 0 atom stereocenters. The van der Waals surface area contributed by atoms with E-state index in [1.807, 2.05) is 6.07 Å². The van der Waals surface area contributed by atoms with E-state index in [-0.39, 0.29) is 11.4 Å². The first-order valence-electron chi connectivity index (χ1n) is 10.8. The summed E-state index contributed by atoms with van der Waals surface area (Å²) in [6.07, 6.45) is 3.53. The molecule has 3 aromatic rings. The second-order valence-corrected chi connectivity index (χ2v) is 10.6. The number of halogens is 3. The number of hydrogen-bond acceptors (Lipinski definition) is 6. The van der Waals surface area contributed by atoms with Crippen molar-refractivity contribution in [1.29, 1.82) is 0 Å². The van der Waals surface area contributed by atoms with Gasteiger partial charge in [0, 0.05) is 29.0 Å². The largest absolute Gasteiger partial charge is 0.417 e. The molecule has 3 rings (SSSR count). The van der Waals surface area contributed by atoms with Crippen LogP contribution in [0.1, 0.15) is 51.0 Å². The van der Waals surface area contributed by atoms with Gasteiger partial charge in [-0.2, -0.15) is 13.2 Å². The van der Waals surface area contributed by atoms with Gasteiger partial charge in [-0.15, -0.1) is 11.3 Å². The Balaban J connectivity index is 1.76. The van der Waals surface area contributed by atoms with Crippen LogP contribution in [-0.2, 0) is 16.0 Å². The van der Waals surface area contributed by atoms with Crippen LogP contribution in [0.4, 0.5) is 24.0 Å². The summed E-state index contributed by atoms with van der Waals surface area (Å²) < 4.78 is 66.6. The summed E-state index contributed by atoms with van der Waals surface area (Å²) in [5.74, 6) is -0.296. The lowest BCUT2D eigenvalue weighted by molar-refractivity contribution is -0.139. The fraction of sp³-hybridized carbons (Fsp3) is 0.391. The molecule has 0 bridgehead atoms. The number of anilines is 2. The standard InChI is InChI=1S/C23H26F3N3O2S2/c1-2-3-4-5-6-7-13-33(30,31)21-11-10-18(14-19(21)23(24,25)26)28-22-29-20(16-32-22)17-9-8-12-27-15-17/h8-12,14-16H,2-7,13H2,1H3,(H,28,29). The maximum atomic E-state index is 13.7. The lowest BCUT2D eigenvalue weighted by Gasteiger charge is -2.15. The molecule has 5 nitrogen and oxygen atoms in total. The molecule has 0 saturated heterocycles. The molecule has 0 spiro atoms. The Morgan fingerprint density at radius 1 is 1.06 bits per heavy atom. The van der Waals surface area contributed by atoms with Gasteiger partial charge < -0.3 is 5.32 Å². The van der Waals surface area contributed by atoms with Crippen molar-refractivity contribution in [2.24, 2.45) is 0 Å². The number of nitrogens with zero attached hydrogens (tertiary/aromatic N) is 2. The molecule has 2 heterocycles. The van der Waals surface area contributed by atoms with Crippen LogP contribution in [0.3, 0.4) is 0 Å². The quantitative estimate of drug-likeness (QED) is 0.286. The average Bonchev–Trinajstić information content (AvgIpc) is 3.24. The number of hydrogen-bond donors (Lipinski definition) is 1. The third-order valence-corrected chi connectivity index (χ3v) is 7.71. The number of rotatable bonds is 11. The van der Waals surface area contributed by atoms with Gasteiger partial charge in [-0.25, -0.2) is 13.4 Å². The van der Waals surface area contributed by atoms with Crippen LogP contribution < -0.4 is 5.32 Å². The van der Waals surface area contributed by atoms with Crippen LogP contribution in [0.2, 0.25) is 0 Å². The van der Waals surface area contributed by atoms with Crippen molar-refractivity contribution in [1.82, 2.24) is 9.97 Å². The molecule has 33 heavy (non-hydrogen) atoms. The first-order chi connectivity index (χ1) is 15.7. The zero-order valence-corrected chi connectivity index (χ0v) is 19.9. The minimum Gasteiger partial charge on any atom is -0.332 e. The fourth-order valence-corrected chi connectivity index (χ4v) is 5.71. The Hall–Kier alpha value is -2.46. The Labute approximate surface area is 196 Å². The molecule has 10 heteroatoms. The molecule has 0 amide bonds. The lowest BCUT2D eigenvalue weighted by Crippen LogP contribution is -2.16. The molecule has 0 unspecified atom stereocenters. The number of nitrogens with one attached hydrogen (secondary N) is 1. The van der Waals surface area contributed by atoms with Gasteiger partial charge >= 0.3 is 6.18 Å². The maximum absolute atomic E-state index is 13.7. The van der Waals surface area contributed by atoms with E-state index in [0.29, 0.717) is 23.7 Å². The van der Waals surface area contributed by atoms with Crippen molar-refractivity contribution >= 4 is 32.0 Å². The van der Waals surface area contributed by atoms with Crippen molar-refractivity contribution in [3.63, 3.8) is 0 Å². The van der Waals surface area contributed by atoms with Gasteiger partial charge in [0.05, 0.1) is 21.9 Å². The zero-order chi connectivity index (χ0) is 23.9. The first-order valence-corrected chi connectivity index (χ1v) is 13.3. The molecule has 178 valence electrons. The van der Waals surface area contributed by atoms with E-state index in [9.17, 15) is 21.6 Å². The fourth-order valence-electron chi connectivity index (χ4n) is 3.38.